The highest BCUT2D eigenvalue weighted by molar-refractivity contribution is 7.00. The molecule has 0 fully saturated rings. The first-order valence-corrected chi connectivity index (χ1v) is 41.1. The van der Waals surface area contributed by atoms with Gasteiger partial charge in [0.2, 0.25) is 0 Å². The number of anilines is 6. The Hall–Kier alpha value is -9.97. The fraction of sp³-hybridized carbons (Fsp3) is 0.336. The largest absolute Gasteiger partial charge is 0.310 e. The molecule has 0 radical (unpaired) electrons. The number of hydrogen-bond acceptors (Lipinski definition) is 3. The minimum atomic E-state index is -0.354. The summed E-state index contributed by atoms with van der Waals surface area (Å²) in [5.74, 6) is 0. The molecule has 0 spiro atoms. The summed E-state index contributed by atoms with van der Waals surface area (Å²) in [5, 5.41) is 2.53. The Morgan fingerprint density at radius 2 is 0.625 bits per heavy atom. The van der Waals surface area contributed by atoms with Gasteiger partial charge in [-0.3, -0.25) is 4.98 Å². The van der Waals surface area contributed by atoms with Crippen LogP contribution >= 0.6 is 0 Å². The summed E-state index contributed by atoms with van der Waals surface area (Å²) in [7, 11) is 0. The van der Waals surface area contributed by atoms with Crippen molar-refractivity contribution in [3.63, 3.8) is 0 Å². The summed E-state index contributed by atoms with van der Waals surface area (Å²) >= 11 is 0. The van der Waals surface area contributed by atoms with Crippen molar-refractivity contribution in [3.8, 4) is 61.3 Å². The van der Waals surface area contributed by atoms with Crippen molar-refractivity contribution in [1.29, 1.82) is 0 Å². The van der Waals surface area contributed by atoms with Crippen LogP contribution in [0.3, 0.4) is 0 Å². The van der Waals surface area contributed by atoms with Crippen LogP contribution in [-0.4, -0.2) is 16.3 Å². The van der Waals surface area contributed by atoms with Crippen molar-refractivity contribution in [3.05, 3.63) is 281 Å². The third kappa shape index (κ3) is 14.0. The molecule has 112 heavy (non-hydrogen) atoms. The zero-order valence-corrected chi connectivity index (χ0v) is 72.3. The molecule has 11 aromatic carbocycles. The van der Waals surface area contributed by atoms with Crippen molar-refractivity contribution in [2.24, 2.45) is 0 Å². The molecule has 15 rings (SSSR count). The van der Waals surface area contributed by atoms with Gasteiger partial charge in [0.25, 0.3) is 6.71 Å². The number of nitrogens with zero attached hydrogens (tertiary/aromatic N) is 4. The molecule has 0 atom stereocenters. The van der Waals surface area contributed by atoms with Crippen LogP contribution in [-0.2, 0) is 48.7 Å². The number of aromatic nitrogens is 2. The van der Waals surface area contributed by atoms with E-state index >= 15 is 0 Å². The molecule has 0 amide bonds. The van der Waals surface area contributed by atoms with Crippen LogP contribution in [0.2, 0.25) is 0 Å². The summed E-state index contributed by atoms with van der Waals surface area (Å²) in [6.07, 6.45) is 0. The van der Waals surface area contributed by atoms with Crippen molar-refractivity contribution in [2.45, 2.75) is 236 Å². The first kappa shape index (κ1) is 77.4. The molecule has 5 heteroatoms. The molecule has 0 saturated heterocycles. The number of rotatable bonds is 8. The summed E-state index contributed by atoms with van der Waals surface area (Å²) < 4.78 is 2.58. The van der Waals surface area contributed by atoms with E-state index in [1.807, 2.05) is 0 Å². The van der Waals surface area contributed by atoms with E-state index in [0.717, 1.165) is 79.0 Å². The van der Waals surface area contributed by atoms with E-state index in [9.17, 15) is 0 Å². The van der Waals surface area contributed by atoms with Crippen LogP contribution in [0.1, 0.15) is 237 Å². The SMILES string of the molecule is CC(C)(C)c1cc(-c2ccc3c(c2)N(c2c(-c4ccccc4)cc(C(C)(C)C)cc2-c2ccc(C(C)(C)C)nc2C(C)(C)C)c2cc(C(C)(C)C)cc4c2B3c2ccc(-n3c5ccc(C(C)(C)C)cc5c5cc(C(C)(C)C)ccc53)cc2N4c2c(-c3ccccc3)cc(C(C)(C)C)cc2-c2ccccc2)cc(C(C)(C)C)c1. The Morgan fingerprint density at radius 1 is 0.250 bits per heavy atom. The molecular formula is C107H119BN4. The number of hydrogen-bond donors (Lipinski definition) is 0. The van der Waals surface area contributed by atoms with Crippen molar-refractivity contribution >= 4 is 79.0 Å². The molecule has 0 bridgehead atoms. The van der Waals surface area contributed by atoms with E-state index in [1.54, 1.807) is 0 Å². The van der Waals surface area contributed by atoms with Gasteiger partial charge in [-0.05, 0) is 206 Å². The normalized spacial score (nSPS) is 13.8. The summed E-state index contributed by atoms with van der Waals surface area (Å²) in [6, 6.07) is 91.2. The van der Waals surface area contributed by atoms with E-state index in [1.165, 1.54) is 105 Å². The van der Waals surface area contributed by atoms with Crippen LogP contribution in [0.15, 0.2) is 231 Å². The maximum absolute atomic E-state index is 5.88. The number of pyridine rings is 1. The summed E-state index contributed by atoms with van der Waals surface area (Å²) in [5.41, 5.74) is 35.4. The molecule has 2 aliphatic rings. The lowest BCUT2D eigenvalue weighted by atomic mass is 9.33. The highest BCUT2D eigenvalue weighted by Gasteiger charge is 2.47. The second-order valence-corrected chi connectivity index (χ2v) is 41.9. The van der Waals surface area contributed by atoms with Gasteiger partial charge in [-0.1, -0.05) is 333 Å². The Morgan fingerprint density at radius 3 is 1.03 bits per heavy atom. The average Bonchev–Trinajstić information content (AvgIpc) is 0.728. The van der Waals surface area contributed by atoms with Gasteiger partial charge in [0.1, 0.15) is 0 Å². The van der Waals surface area contributed by atoms with Gasteiger partial charge in [0.15, 0.2) is 0 Å². The van der Waals surface area contributed by atoms with Gasteiger partial charge in [-0.15, -0.1) is 0 Å². The highest BCUT2D eigenvalue weighted by atomic mass is 15.2. The van der Waals surface area contributed by atoms with E-state index in [0.29, 0.717) is 0 Å². The maximum atomic E-state index is 5.88. The second kappa shape index (κ2) is 26.9. The first-order valence-electron chi connectivity index (χ1n) is 41.1. The van der Waals surface area contributed by atoms with Crippen LogP contribution in [0, 0.1) is 0 Å². The third-order valence-electron chi connectivity index (χ3n) is 24.0. The number of fused-ring (bicyclic) bond motifs is 7. The molecule has 0 N–H and O–H groups in total. The fourth-order valence-electron chi connectivity index (χ4n) is 17.1. The molecule has 0 saturated carbocycles. The van der Waals surface area contributed by atoms with Crippen LogP contribution in [0.25, 0.3) is 83.1 Å². The predicted octanol–water partition coefficient (Wildman–Crippen LogP) is 28.3. The second-order valence-electron chi connectivity index (χ2n) is 41.9. The average molecular weight is 1470 g/mol. The van der Waals surface area contributed by atoms with E-state index in [2.05, 4.69) is 432 Å². The van der Waals surface area contributed by atoms with Gasteiger partial charge < -0.3 is 14.4 Å². The topological polar surface area (TPSA) is 24.3 Å². The Bertz CT molecular complexity index is 5700. The molecule has 13 aromatic rings. The number of benzene rings is 11. The molecule has 2 aliphatic heterocycles. The third-order valence-corrected chi connectivity index (χ3v) is 24.0. The molecule has 4 heterocycles. The van der Waals surface area contributed by atoms with Crippen molar-refractivity contribution < 1.29 is 0 Å². The van der Waals surface area contributed by atoms with Gasteiger partial charge >= 0.3 is 0 Å². The van der Waals surface area contributed by atoms with Gasteiger partial charge in [-0.25, -0.2) is 0 Å². The predicted molar refractivity (Wildman–Crippen MR) is 488 cm³/mol. The fourth-order valence-corrected chi connectivity index (χ4v) is 17.1. The monoisotopic (exact) mass is 1470 g/mol. The smallest absolute Gasteiger partial charge is 0.252 e. The van der Waals surface area contributed by atoms with Gasteiger partial charge in [0, 0.05) is 83.6 Å². The minimum Gasteiger partial charge on any atom is -0.310 e. The van der Waals surface area contributed by atoms with Crippen LogP contribution in [0.4, 0.5) is 34.1 Å². The first-order chi connectivity index (χ1) is 52.2. The Balaban J connectivity index is 1.17. The Kier molecular flexibility index (Phi) is 18.5. The van der Waals surface area contributed by atoms with Gasteiger partial charge in [0.05, 0.1) is 28.1 Å². The summed E-state index contributed by atoms with van der Waals surface area (Å²) in [4.78, 5) is 11.4. The van der Waals surface area contributed by atoms with Crippen LogP contribution in [0.5, 0.6) is 0 Å². The Labute approximate surface area is 671 Å². The lowest BCUT2D eigenvalue weighted by Crippen LogP contribution is -2.61. The van der Waals surface area contributed by atoms with Crippen LogP contribution < -0.4 is 26.2 Å². The van der Waals surface area contributed by atoms with E-state index in [4.69, 9.17) is 4.98 Å². The molecular weight excluding hydrogens is 1350 g/mol. The molecule has 4 nitrogen and oxygen atoms in total. The lowest BCUT2D eigenvalue weighted by molar-refractivity contribution is 0.532. The summed E-state index contributed by atoms with van der Waals surface area (Å²) in [6.45, 7) is 63.5. The maximum Gasteiger partial charge on any atom is 0.252 e. The minimum absolute atomic E-state index is 0.0620. The highest BCUT2D eigenvalue weighted by Crippen LogP contribution is 2.57. The van der Waals surface area contributed by atoms with Gasteiger partial charge in [-0.2, -0.15) is 0 Å². The lowest BCUT2D eigenvalue weighted by Gasteiger charge is -2.47. The van der Waals surface area contributed by atoms with Crippen molar-refractivity contribution in [2.75, 3.05) is 9.80 Å². The van der Waals surface area contributed by atoms with E-state index < -0.39 is 0 Å². The van der Waals surface area contributed by atoms with E-state index in [-0.39, 0.29) is 55.4 Å². The molecule has 570 valence electrons. The molecule has 0 aliphatic carbocycles. The van der Waals surface area contributed by atoms with Crippen molar-refractivity contribution in [1.82, 2.24) is 9.55 Å². The quantitative estimate of drug-likeness (QED) is 0.142. The zero-order valence-electron chi connectivity index (χ0n) is 72.3. The molecule has 2 aromatic heterocycles. The standard InChI is InChI=1S/C107H119BN4/c1-99(2,3)71-44-50-88-83(57-71)84-58-72(100(4,5)6)45-51-89(84)110(88)78-46-49-87-91(65-78)112(96-80(66-37-31-28-32-38-66)59-75(103(13,14)15)60-81(96)67-39-33-29-34-40-67)93-64-77(105(19,20)21)63-92-95(93)108(87)86-48-43-69(70-53-73(101(7,8)9)56-74(54-70)102(10,11)12)55-90(86)111(92)97-82(68-41-35-30-36-42-68)61-76(104(16,17)18)62-85(97)79-47-52-94(106(22,23)24)109-98(79)107(25,26)27/h28-65H,1-27H3. The zero-order chi connectivity index (χ0) is 80.4. The molecule has 0 unspecified atom stereocenters.